The zero-order valence-corrected chi connectivity index (χ0v) is 13.3. The number of aliphatic hydroxyl groups excluding tert-OH is 1. The van der Waals surface area contributed by atoms with E-state index in [-0.39, 0.29) is 11.4 Å². The minimum absolute atomic E-state index is 0.0635. The topological polar surface area (TPSA) is 72.6 Å². The molecule has 0 aliphatic heterocycles. The molecular weight excluding hydrogens is 362 g/mol. The highest BCUT2D eigenvalue weighted by Crippen LogP contribution is 2.37. The van der Waals surface area contributed by atoms with Crippen LogP contribution in [0.2, 0.25) is 5.02 Å². The molecule has 0 fully saturated rings. The van der Waals surface area contributed by atoms with Gasteiger partial charge in [0.1, 0.15) is 5.75 Å². The molecule has 2 aromatic rings. The Hall–Kier alpha value is -1.63. The number of nitrogens with zero attached hydrogens (tertiary/aromatic N) is 1. The van der Waals surface area contributed by atoms with E-state index in [4.69, 9.17) is 16.3 Å². The molecule has 0 heterocycles. The lowest BCUT2D eigenvalue weighted by Crippen LogP contribution is -1.97. The highest BCUT2D eigenvalue weighted by Gasteiger charge is 2.19. The Morgan fingerprint density at radius 3 is 2.52 bits per heavy atom. The Kier molecular flexibility index (Phi) is 4.82. The van der Waals surface area contributed by atoms with Crippen LogP contribution in [0, 0.1) is 10.1 Å². The molecule has 0 saturated carbocycles. The highest BCUT2D eigenvalue weighted by molar-refractivity contribution is 9.10. The number of aliphatic hydroxyl groups is 1. The van der Waals surface area contributed by atoms with Crippen LogP contribution in [-0.4, -0.2) is 10.0 Å². The number of rotatable bonds is 4. The molecule has 0 amide bonds. The van der Waals surface area contributed by atoms with E-state index < -0.39 is 11.0 Å². The number of halogens is 2. The summed E-state index contributed by atoms with van der Waals surface area (Å²) < 4.78 is 6.29. The first kappa shape index (κ1) is 15.8. The van der Waals surface area contributed by atoms with E-state index in [1.165, 1.54) is 19.1 Å². The van der Waals surface area contributed by atoms with Gasteiger partial charge in [0.05, 0.1) is 16.0 Å². The molecule has 0 spiro atoms. The number of hydrogen-bond acceptors (Lipinski definition) is 4. The van der Waals surface area contributed by atoms with Crippen LogP contribution >= 0.6 is 27.5 Å². The second-order valence-electron chi connectivity index (χ2n) is 4.34. The third kappa shape index (κ3) is 3.72. The van der Waals surface area contributed by atoms with Gasteiger partial charge in [0.2, 0.25) is 5.75 Å². The summed E-state index contributed by atoms with van der Waals surface area (Å²) in [5.41, 5.74) is 0.211. The predicted octanol–water partition coefficient (Wildman–Crippen LogP) is 4.86. The Labute approximate surface area is 134 Å². The molecule has 7 heteroatoms. The molecule has 5 nitrogen and oxygen atoms in total. The zero-order valence-electron chi connectivity index (χ0n) is 10.9. The first-order chi connectivity index (χ1) is 9.88. The lowest BCUT2D eigenvalue weighted by molar-refractivity contribution is -0.385. The van der Waals surface area contributed by atoms with E-state index in [1.54, 1.807) is 24.3 Å². The van der Waals surface area contributed by atoms with E-state index in [2.05, 4.69) is 15.9 Å². The van der Waals surface area contributed by atoms with Gasteiger partial charge in [-0.1, -0.05) is 33.6 Å². The van der Waals surface area contributed by atoms with Crippen LogP contribution in [-0.2, 0) is 0 Å². The van der Waals surface area contributed by atoms with E-state index in [0.717, 1.165) is 4.47 Å². The number of hydrogen-bond donors (Lipinski definition) is 1. The molecule has 0 radical (unpaired) electrons. The van der Waals surface area contributed by atoms with E-state index in [0.29, 0.717) is 16.3 Å². The van der Waals surface area contributed by atoms with Gasteiger partial charge in [0, 0.05) is 10.5 Å². The van der Waals surface area contributed by atoms with Gasteiger partial charge in [-0.25, -0.2) is 0 Å². The SMILES string of the molecule is C[C@H](O)c1ccc(Oc2ccc(Br)cc2Cl)c([N+](=O)[O-])c1. The number of nitro groups is 1. The average Bonchev–Trinajstić information content (AvgIpc) is 2.41. The quantitative estimate of drug-likeness (QED) is 0.614. The van der Waals surface area contributed by atoms with Crippen LogP contribution in [0.3, 0.4) is 0 Å². The normalized spacial score (nSPS) is 12.0. The molecule has 0 aliphatic rings. The molecule has 110 valence electrons. The highest BCUT2D eigenvalue weighted by atomic mass is 79.9. The first-order valence-electron chi connectivity index (χ1n) is 5.98. The summed E-state index contributed by atoms with van der Waals surface area (Å²) >= 11 is 9.30. The average molecular weight is 373 g/mol. The summed E-state index contributed by atoms with van der Waals surface area (Å²) in [5.74, 6) is 0.376. The maximum absolute atomic E-state index is 11.1. The van der Waals surface area contributed by atoms with E-state index in [1.807, 2.05) is 0 Å². The maximum atomic E-state index is 11.1. The molecule has 0 aliphatic carbocycles. The molecule has 1 N–H and O–H groups in total. The van der Waals surface area contributed by atoms with Crippen molar-refractivity contribution < 1.29 is 14.8 Å². The van der Waals surface area contributed by atoms with Crippen molar-refractivity contribution in [2.75, 3.05) is 0 Å². The molecule has 21 heavy (non-hydrogen) atoms. The standard InChI is InChI=1S/C14H11BrClNO4/c1-8(18)9-2-4-14(12(6-9)17(19)20)21-13-5-3-10(15)7-11(13)16/h2-8,18H,1H3/t8-/m0/s1. The minimum Gasteiger partial charge on any atom is -0.449 e. The Bertz CT molecular complexity index is 691. The van der Waals surface area contributed by atoms with Gasteiger partial charge in [-0.05, 0) is 36.8 Å². The number of benzene rings is 2. The third-order valence-corrected chi connectivity index (χ3v) is 3.56. The molecule has 0 bridgehead atoms. The van der Waals surface area contributed by atoms with Crippen LogP contribution in [0.4, 0.5) is 5.69 Å². The molecule has 0 unspecified atom stereocenters. The Morgan fingerprint density at radius 1 is 1.29 bits per heavy atom. The Balaban J connectivity index is 2.41. The summed E-state index contributed by atoms with van der Waals surface area (Å²) in [6.07, 6.45) is -0.797. The fourth-order valence-corrected chi connectivity index (χ4v) is 2.41. The van der Waals surface area contributed by atoms with Crippen LogP contribution in [0.15, 0.2) is 40.9 Å². The summed E-state index contributed by atoms with van der Waals surface area (Å²) in [6.45, 7) is 1.53. The van der Waals surface area contributed by atoms with E-state index in [9.17, 15) is 15.2 Å². The molecule has 1 atom stereocenters. The number of nitro benzene ring substituents is 1. The van der Waals surface area contributed by atoms with Gasteiger partial charge in [-0.15, -0.1) is 0 Å². The summed E-state index contributed by atoms with van der Waals surface area (Å²) in [5, 5.41) is 21.0. The third-order valence-electron chi connectivity index (χ3n) is 2.78. The van der Waals surface area contributed by atoms with Gasteiger partial charge < -0.3 is 9.84 Å². The van der Waals surface area contributed by atoms with Gasteiger partial charge in [0.25, 0.3) is 0 Å². The predicted molar refractivity (Wildman–Crippen MR) is 83.0 cm³/mol. The summed E-state index contributed by atoms with van der Waals surface area (Å²) in [7, 11) is 0. The molecule has 0 saturated heterocycles. The molecule has 2 rings (SSSR count). The van der Waals surface area contributed by atoms with Crippen molar-refractivity contribution in [2.45, 2.75) is 13.0 Å². The van der Waals surface area contributed by atoms with Crippen molar-refractivity contribution >= 4 is 33.2 Å². The van der Waals surface area contributed by atoms with Crippen LogP contribution in [0.5, 0.6) is 11.5 Å². The smallest absolute Gasteiger partial charge is 0.311 e. The van der Waals surface area contributed by atoms with Gasteiger partial charge in [-0.3, -0.25) is 10.1 Å². The maximum Gasteiger partial charge on any atom is 0.311 e. The largest absolute Gasteiger partial charge is 0.449 e. The monoisotopic (exact) mass is 371 g/mol. The van der Waals surface area contributed by atoms with Crippen molar-refractivity contribution in [1.29, 1.82) is 0 Å². The van der Waals surface area contributed by atoms with Gasteiger partial charge in [0.15, 0.2) is 0 Å². The molecular formula is C14H11BrClNO4. The van der Waals surface area contributed by atoms with E-state index >= 15 is 0 Å². The Morgan fingerprint density at radius 2 is 1.95 bits per heavy atom. The second kappa shape index (κ2) is 6.43. The van der Waals surface area contributed by atoms with Crippen LogP contribution in [0.25, 0.3) is 0 Å². The molecule has 2 aromatic carbocycles. The first-order valence-corrected chi connectivity index (χ1v) is 7.15. The minimum atomic E-state index is -0.797. The second-order valence-corrected chi connectivity index (χ2v) is 5.66. The van der Waals surface area contributed by atoms with Gasteiger partial charge in [-0.2, -0.15) is 0 Å². The fourth-order valence-electron chi connectivity index (χ4n) is 1.70. The molecule has 0 aromatic heterocycles. The van der Waals surface area contributed by atoms with Crippen LogP contribution < -0.4 is 4.74 Å². The summed E-state index contributed by atoms with van der Waals surface area (Å²) in [6, 6.07) is 9.26. The van der Waals surface area contributed by atoms with Crippen molar-refractivity contribution in [3.63, 3.8) is 0 Å². The van der Waals surface area contributed by atoms with Crippen LogP contribution in [0.1, 0.15) is 18.6 Å². The fraction of sp³-hybridized carbons (Fsp3) is 0.143. The number of ether oxygens (including phenoxy) is 1. The van der Waals surface area contributed by atoms with Crippen molar-refractivity contribution in [3.05, 3.63) is 61.6 Å². The lowest BCUT2D eigenvalue weighted by atomic mass is 10.1. The van der Waals surface area contributed by atoms with Crippen molar-refractivity contribution in [1.82, 2.24) is 0 Å². The van der Waals surface area contributed by atoms with Crippen molar-refractivity contribution in [2.24, 2.45) is 0 Å². The lowest BCUT2D eigenvalue weighted by Gasteiger charge is -2.10. The zero-order chi connectivity index (χ0) is 15.6. The van der Waals surface area contributed by atoms with Crippen molar-refractivity contribution in [3.8, 4) is 11.5 Å². The summed E-state index contributed by atoms with van der Waals surface area (Å²) in [4.78, 5) is 10.6. The van der Waals surface area contributed by atoms with Gasteiger partial charge >= 0.3 is 5.69 Å².